The highest BCUT2D eigenvalue weighted by atomic mass is 32.2. The second-order valence-corrected chi connectivity index (χ2v) is 6.54. The lowest BCUT2D eigenvalue weighted by Gasteiger charge is -2.12. The molecular weight excluding hydrogens is 352 g/mol. The number of anilines is 1. The first-order valence-electron chi connectivity index (χ1n) is 8.12. The molecule has 138 valence electrons. The van der Waals surface area contributed by atoms with Crippen molar-refractivity contribution in [3.63, 3.8) is 0 Å². The zero-order valence-electron chi connectivity index (χ0n) is 15.2. The molecule has 0 radical (unpaired) electrons. The van der Waals surface area contributed by atoms with Crippen LogP contribution in [0.25, 0.3) is 0 Å². The fraction of sp³-hybridized carbons (Fsp3) is 0.333. The fourth-order valence-electron chi connectivity index (χ4n) is 2.58. The summed E-state index contributed by atoms with van der Waals surface area (Å²) in [7, 11) is 1.56. The molecule has 0 aliphatic rings. The summed E-state index contributed by atoms with van der Waals surface area (Å²) in [4.78, 5) is 43.2. The van der Waals surface area contributed by atoms with Crippen molar-refractivity contribution in [1.29, 1.82) is 0 Å². The fourth-order valence-corrected chi connectivity index (χ4v) is 3.00. The quantitative estimate of drug-likeness (QED) is 0.530. The van der Waals surface area contributed by atoms with Crippen molar-refractivity contribution in [3.8, 4) is 0 Å². The maximum absolute atomic E-state index is 12.3. The minimum atomic E-state index is -0.227. The summed E-state index contributed by atoms with van der Waals surface area (Å²) >= 11 is 1.36. The third kappa shape index (κ3) is 4.51. The molecular formula is C18H22N4O3S. The number of thioether (sulfide) groups is 1. The summed E-state index contributed by atoms with van der Waals surface area (Å²) in [6.07, 6.45) is 2.27. The van der Waals surface area contributed by atoms with Gasteiger partial charge < -0.3 is 15.6 Å². The molecule has 2 rings (SSSR count). The van der Waals surface area contributed by atoms with Gasteiger partial charge in [-0.25, -0.2) is 4.98 Å². The van der Waals surface area contributed by atoms with Gasteiger partial charge in [0.25, 0.3) is 11.5 Å². The third-order valence-electron chi connectivity index (χ3n) is 4.08. The van der Waals surface area contributed by atoms with E-state index >= 15 is 0 Å². The molecule has 0 unspecified atom stereocenters. The normalized spacial score (nSPS) is 10.5. The second kappa shape index (κ2) is 8.66. The molecule has 0 bridgehead atoms. The number of amides is 2. The smallest absolute Gasteiger partial charge is 0.254 e. The van der Waals surface area contributed by atoms with E-state index in [1.54, 1.807) is 39.1 Å². The van der Waals surface area contributed by atoms with Gasteiger partial charge >= 0.3 is 0 Å². The average molecular weight is 374 g/mol. The second-order valence-electron chi connectivity index (χ2n) is 5.74. The number of H-pyrrole nitrogens is 1. The first-order valence-corrected chi connectivity index (χ1v) is 9.35. The monoisotopic (exact) mass is 374 g/mol. The Morgan fingerprint density at radius 2 is 2.00 bits per heavy atom. The van der Waals surface area contributed by atoms with Crippen LogP contribution in [0.5, 0.6) is 0 Å². The summed E-state index contributed by atoms with van der Waals surface area (Å²) in [5, 5.41) is 5.94. The van der Waals surface area contributed by atoms with Gasteiger partial charge in [0.05, 0.1) is 0 Å². The zero-order valence-corrected chi connectivity index (χ0v) is 16.0. The minimum absolute atomic E-state index is 0.147. The van der Waals surface area contributed by atoms with Gasteiger partial charge in [0.15, 0.2) is 5.16 Å². The molecule has 26 heavy (non-hydrogen) atoms. The highest BCUT2D eigenvalue weighted by Gasteiger charge is 2.14. The van der Waals surface area contributed by atoms with Crippen molar-refractivity contribution in [2.45, 2.75) is 31.8 Å². The predicted molar refractivity (Wildman–Crippen MR) is 103 cm³/mol. The number of nitrogens with one attached hydrogen (secondary N) is 3. The molecule has 7 nitrogen and oxygen atoms in total. The van der Waals surface area contributed by atoms with E-state index in [0.717, 1.165) is 0 Å². The molecule has 8 heteroatoms. The van der Waals surface area contributed by atoms with Gasteiger partial charge in [-0.1, -0.05) is 17.8 Å². The Kier molecular flexibility index (Phi) is 6.57. The van der Waals surface area contributed by atoms with E-state index in [9.17, 15) is 14.4 Å². The molecule has 1 aromatic carbocycles. The van der Waals surface area contributed by atoms with Crippen LogP contribution >= 0.6 is 11.8 Å². The van der Waals surface area contributed by atoms with E-state index < -0.39 is 0 Å². The Morgan fingerprint density at radius 1 is 1.27 bits per heavy atom. The van der Waals surface area contributed by atoms with Gasteiger partial charge in [-0.15, -0.1) is 0 Å². The Bertz CT molecular complexity index is 892. The first kappa shape index (κ1) is 19.7. The number of hydrogen-bond acceptors (Lipinski definition) is 5. The number of nitrogens with zero attached hydrogens (tertiary/aromatic N) is 1. The number of benzene rings is 1. The SMILES string of the molecule is CNC(=O)c1cccc(NC(=O)CCc2c(C)nc(SC)[nH]c2=O)c1C. The summed E-state index contributed by atoms with van der Waals surface area (Å²) in [5.74, 6) is -0.435. The van der Waals surface area contributed by atoms with Gasteiger partial charge in [0.1, 0.15) is 0 Å². The maximum atomic E-state index is 12.3. The Labute approximate surface area is 156 Å². The number of carbonyl (C=O) groups is 2. The molecule has 2 amide bonds. The van der Waals surface area contributed by atoms with Crippen LogP contribution in [-0.2, 0) is 11.2 Å². The van der Waals surface area contributed by atoms with Crippen molar-refractivity contribution in [3.05, 3.63) is 50.9 Å². The first-order chi connectivity index (χ1) is 12.4. The van der Waals surface area contributed by atoms with E-state index in [1.165, 1.54) is 11.8 Å². The average Bonchev–Trinajstić information content (AvgIpc) is 2.61. The highest BCUT2D eigenvalue weighted by Crippen LogP contribution is 2.19. The molecule has 2 aromatic rings. The Morgan fingerprint density at radius 3 is 2.62 bits per heavy atom. The molecule has 0 aliphatic heterocycles. The van der Waals surface area contributed by atoms with E-state index in [2.05, 4.69) is 20.6 Å². The van der Waals surface area contributed by atoms with Crippen molar-refractivity contribution in [2.75, 3.05) is 18.6 Å². The third-order valence-corrected chi connectivity index (χ3v) is 4.66. The van der Waals surface area contributed by atoms with Crippen molar-refractivity contribution >= 4 is 29.3 Å². The number of carbonyl (C=O) groups excluding carboxylic acids is 2. The summed E-state index contributed by atoms with van der Waals surface area (Å²) in [6, 6.07) is 5.16. The van der Waals surface area contributed by atoms with E-state index in [-0.39, 0.29) is 23.8 Å². The molecule has 0 spiro atoms. The van der Waals surface area contributed by atoms with Crippen LogP contribution in [0.4, 0.5) is 5.69 Å². The predicted octanol–water partition coefficient (Wildman–Crippen LogP) is 2.04. The standard InChI is InChI=1S/C18H22N4O3S/c1-10-12(16(24)19-3)6-5-7-14(10)21-15(23)9-8-13-11(2)20-18(26-4)22-17(13)25/h5-7H,8-9H2,1-4H3,(H,19,24)(H,21,23)(H,20,22,25). The lowest BCUT2D eigenvalue weighted by atomic mass is 10.1. The van der Waals surface area contributed by atoms with Crippen molar-refractivity contribution in [1.82, 2.24) is 15.3 Å². The number of hydrogen-bond donors (Lipinski definition) is 3. The largest absolute Gasteiger partial charge is 0.355 e. The van der Waals surface area contributed by atoms with Crippen LogP contribution in [-0.4, -0.2) is 35.1 Å². The summed E-state index contributed by atoms with van der Waals surface area (Å²) in [6.45, 7) is 3.54. The number of rotatable bonds is 6. The lowest BCUT2D eigenvalue weighted by molar-refractivity contribution is -0.116. The van der Waals surface area contributed by atoms with Crippen LogP contribution in [0, 0.1) is 13.8 Å². The molecule has 0 saturated heterocycles. The van der Waals surface area contributed by atoms with Gasteiger partial charge in [-0.05, 0) is 44.2 Å². The maximum Gasteiger partial charge on any atom is 0.254 e. The molecule has 1 heterocycles. The molecule has 0 atom stereocenters. The van der Waals surface area contributed by atoms with Crippen molar-refractivity contribution in [2.24, 2.45) is 0 Å². The van der Waals surface area contributed by atoms with E-state index in [0.29, 0.717) is 39.6 Å². The zero-order chi connectivity index (χ0) is 19.3. The molecule has 0 aliphatic carbocycles. The molecule has 1 aromatic heterocycles. The van der Waals surface area contributed by atoms with Crippen molar-refractivity contribution < 1.29 is 9.59 Å². The molecule has 0 fully saturated rings. The number of aromatic nitrogens is 2. The van der Waals surface area contributed by atoms with Gasteiger partial charge in [-0.3, -0.25) is 14.4 Å². The van der Waals surface area contributed by atoms with Crippen LogP contribution < -0.4 is 16.2 Å². The molecule has 0 saturated carbocycles. The van der Waals surface area contributed by atoms with E-state index in [1.807, 2.05) is 6.26 Å². The lowest BCUT2D eigenvalue weighted by Crippen LogP contribution is -2.21. The number of aromatic amines is 1. The van der Waals surface area contributed by atoms with Gasteiger partial charge in [0.2, 0.25) is 5.91 Å². The van der Waals surface area contributed by atoms with Crippen LogP contribution in [0.2, 0.25) is 0 Å². The van der Waals surface area contributed by atoms with Gasteiger partial charge in [-0.2, -0.15) is 0 Å². The van der Waals surface area contributed by atoms with E-state index in [4.69, 9.17) is 0 Å². The van der Waals surface area contributed by atoms with Gasteiger partial charge in [0, 0.05) is 36.0 Å². The van der Waals surface area contributed by atoms with Crippen LogP contribution in [0.1, 0.15) is 33.6 Å². The number of aryl methyl sites for hydroxylation is 1. The summed E-state index contributed by atoms with van der Waals surface area (Å²) in [5.41, 5.74) is 2.71. The Balaban J connectivity index is 2.09. The molecule has 3 N–H and O–H groups in total. The summed E-state index contributed by atoms with van der Waals surface area (Å²) < 4.78 is 0. The van der Waals surface area contributed by atoms with Crippen LogP contribution in [0.3, 0.4) is 0 Å². The van der Waals surface area contributed by atoms with Crippen LogP contribution in [0.15, 0.2) is 28.2 Å². The minimum Gasteiger partial charge on any atom is -0.355 e. The Hall–Kier alpha value is -2.61. The highest BCUT2D eigenvalue weighted by molar-refractivity contribution is 7.98. The topological polar surface area (TPSA) is 104 Å².